The van der Waals surface area contributed by atoms with E-state index in [1.165, 1.54) is 11.3 Å². The maximum absolute atomic E-state index is 12.4. The molecule has 1 N–H and O–H groups in total. The fraction of sp³-hybridized carbons (Fsp3) is 0.722. The van der Waals surface area contributed by atoms with Gasteiger partial charge in [0.2, 0.25) is 5.91 Å². The van der Waals surface area contributed by atoms with Gasteiger partial charge in [0.05, 0.1) is 18.8 Å². The first-order chi connectivity index (χ1) is 12.3. The van der Waals surface area contributed by atoms with Gasteiger partial charge in [-0.15, -0.1) is 0 Å². The van der Waals surface area contributed by atoms with E-state index in [1.54, 1.807) is 16.8 Å². The van der Waals surface area contributed by atoms with Crippen LogP contribution in [-0.4, -0.2) is 77.0 Å². The molecule has 0 aliphatic carbocycles. The second-order valence-electron chi connectivity index (χ2n) is 7.50. The molecule has 8 heteroatoms. The van der Waals surface area contributed by atoms with E-state index in [0.29, 0.717) is 26.2 Å². The Labute approximate surface area is 154 Å². The molecule has 3 heterocycles. The highest BCUT2D eigenvalue weighted by Gasteiger charge is 2.45. The monoisotopic (exact) mass is 363 g/mol. The Bertz CT molecular complexity index is 701. The molecular formula is C18H29N5O3. The molecule has 0 saturated carbocycles. The molecular weight excluding hydrogens is 334 g/mol. The van der Waals surface area contributed by atoms with Gasteiger partial charge >= 0.3 is 6.03 Å². The molecule has 2 fully saturated rings. The highest BCUT2D eigenvalue weighted by molar-refractivity contribution is 5.78. The van der Waals surface area contributed by atoms with Gasteiger partial charge in [0.1, 0.15) is 12.2 Å². The third-order valence-corrected chi connectivity index (χ3v) is 5.62. The predicted molar refractivity (Wildman–Crippen MR) is 97.0 cm³/mol. The molecule has 8 nitrogen and oxygen atoms in total. The Kier molecular flexibility index (Phi) is 5.22. The van der Waals surface area contributed by atoms with Gasteiger partial charge in [-0.05, 0) is 39.2 Å². The number of amides is 3. The van der Waals surface area contributed by atoms with E-state index in [-0.39, 0.29) is 18.5 Å². The van der Waals surface area contributed by atoms with Crippen LogP contribution in [0.15, 0.2) is 0 Å². The summed E-state index contributed by atoms with van der Waals surface area (Å²) >= 11 is 0. The van der Waals surface area contributed by atoms with Gasteiger partial charge in [-0.25, -0.2) is 4.79 Å². The van der Waals surface area contributed by atoms with Gasteiger partial charge in [0, 0.05) is 32.4 Å². The highest BCUT2D eigenvalue weighted by atomic mass is 16.5. The van der Waals surface area contributed by atoms with Crippen LogP contribution < -0.4 is 5.32 Å². The lowest BCUT2D eigenvalue weighted by Crippen LogP contribution is -2.55. The number of carbonyl (C=O) groups is 2. The molecule has 3 rings (SSSR count). The van der Waals surface area contributed by atoms with Crippen molar-refractivity contribution < 1.29 is 14.3 Å². The summed E-state index contributed by atoms with van der Waals surface area (Å²) < 4.78 is 7.78. The van der Waals surface area contributed by atoms with Crippen LogP contribution in [0, 0.1) is 20.8 Å². The van der Waals surface area contributed by atoms with E-state index < -0.39 is 5.60 Å². The van der Waals surface area contributed by atoms with Crippen LogP contribution in [0.25, 0.3) is 0 Å². The number of nitrogens with zero attached hydrogens (tertiary/aromatic N) is 4. The first-order valence-electron chi connectivity index (χ1n) is 9.23. The third-order valence-electron chi connectivity index (χ3n) is 5.62. The molecule has 1 aromatic heterocycles. The van der Waals surface area contributed by atoms with Crippen molar-refractivity contribution in [1.82, 2.24) is 24.9 Å². The van der Waals surface area contributed by atoms with Gasteiger partial charge < -0.3 is 19.9 Å². The number of nitrogens with one attached hydrogen (secondary N) is 1. The van der Waals surface area contributed by atoms with Crippen LogP contribution >= 0.6 is 0 Å². The standard InChI is InChI=1S/C18H29N5O3/c1-13-14(2)20-23(15(13)3)8-5-7-19-17(25)22-9-6-18(12-22)11-21(4)16(24)10-26-18/h5-12H2,1-4H3,(H,19,25)/t18-/m1/s1. The van der Waals surface area contributed by atoms with Crippen molar-refractivity contribution in [3.8, 4) is 0 Å². The summed E-state index contributed by atoms with van der Waals surface area (Å²) in [5, 5.41) is 7.51. The zero-order chi connectivity index (χ0) is 18.9. The Hall–Kier alpha value is -2.09. The van der Waals surface area contributed by atoms with E-state index in [0.717, 1.165) is 25.1 Å². The summed E-state index contributed by atoms with van der Waals surface area (Å²) in [7, 11) is 1.79. The average Bonchev–Trinajstić information content (AvgIpc) is 3.13. The van der Waals surface area contributed by atoms with Gasteiger partial charge in [-0.1, -0.05) is 0 Å². The molecule has 2 aliphatic heterocycles. The fourth-order valence-electron chi connectivity index (χ4n) is 3.70. The molecule has 1 aromatic rings. The normalized spacial score (nSPS) is 23.2. The van der Waals surface area contributed by atoms with Crippen LogP contribution in [0.3, 0.4) is 0 Å². The van der Waals surface area contributed by atoms with Crippen LogP contribution in [0.1, 0.15) is 29.8 Å². The minimum Gasteiger partial charge on any atom is -0.361 e. The summed E-state index contributed by atoms with van der Waals surface area (Å²) in [5.74, 6) is -0.00193. The number of hydrogen-bond donors (Lipinski definition) is 1. The smallest absolute Gasteiger partial charge is 0.317 e. The Morgan fingerprint density at radius 3 is 2.73 bits per heavy atom. The second-order valence-corrected chi connectivity index (χ2v) is 7.50. The van der Waals surface area contributed by atoms with Crippen molar-refractivity contribution in [3.05, 3.63) is 17.0 Å². The molecule has 0 unspecified atom stereocenters. The highest BCUT2D eigenvalue weighted by Crippen LogP contribution is 2.29. The first kappa shape index (κ1) is 18.7. The van der Waals surface area contributed by atoms with E-state index in [4.69, 9.17) is 4.74 Å². The van der Waals surface area contributed by atoms with Crippen LogP contribution in [0.5, 0.6) is 0 Å². The lowest BCUT2D eigenvalue weighted by atomic mass is 10.0. The van der Waals surface area contributed by atoms with Crippen molar-refractivity contribution in [1.29, 1.82) is 0 Å². The minimum absolute atomic E-state index is 0.00193. The zero-order valence-corrected chi connectivity index (χ0v) is 16.2. The number of hydrogen-bond acceptors (Lipinski definition) is 4. The van der Waals surface area contributed by atoms with E-state index in [9.17, 15) is 9.59 Å². The van der Waals surface area contributed by atoms with Crippen molar-refractivity contribution >= 4 is 11.9 Å². The Balaban J connectivity index is 1.43. The van der Waals surface area contributed by atoms with Gasteiger partial charge in [-0.2, -0.15) is 5.10 Å². The number of urea groups is 1. The Morgan fingerprint density at radius 2 is 2.08 bits per heavy atom. The van der Waals surface area contributed by atoms with Crippen LogP contribution in [-0.2, 0) is 16.1 Å². The second kappa shape index (κ2) is 7.26. The number of aryl methyl sites for hydroxylation is 2. The number of rotatable bonds is 4. The fourth-order valence-corrected chi connectivity index (χ4v) is 3.70. The van der Waals surface area contributed by atoms with Crippen molar-refractivity contribution in [2.75, 3.05) is 39.8 Å². The maximum atomic E-state index is 12.4. The Morgan fingerprint density at radius 1 is 1.31 bits per heavy atom. The molecule has 144 valence electrons. The zero-order valence-electron chi connectivity index (χ0n) is 16.2. The van der Waals surface area contributed by atoms with Crippen LogP contribution in [0.4, 0.5) is 4.79 Å². The molecule has 26 heavy (non-hydrogen) atoms. The number of carbonyl (C=O) groups excluding carboxylic acids is 2. The number of likely N-dealkylation sites (N-methyl/N-ethyl adjacent to an activating group) is 1. The van der Waals surface area contributed by atoms with E-state index in [1.807, 2.05) is 11.6 Å². The molecule has 1 atom stereocenters. The summed E-state index contributed by atoms with van der Waals surface area (Å²) in [6.45, 7) is 9.42. The van der Waals surface area contributed by atoms with Gasteiger partial charge in [0.15, 0.2) is 0 Å². The van der Waals surface area contributed by atoms with Gasteiger partial charge in [0.25, 0.3) is 0 Å². The molecule has 2 aliphatic rings. The summed E-state index contributed by atoms with van der Waals surface area (Å²) in [4.78, 5) is 27.5. The minimum atomic E-state index is -0.402. The molecule has 1 spiro atoms. The molecule has 3 amide bonds. The first-order valence-corrected chi connectivity index (χ1v) is 9.23. The molecule has 0 radical (unpaired) electrons. The summed E-state index contributed by atoms with van der Waals surface area (Å²) in [6, 6.07) is -0.0606. The maximum Gasteiger partial charge on any atom is 0.317 e. The molecule has 0 bridgehead atoms. The van der Waals surface area contributed by atoms with Crippen LogP contribution in [0.2, 0.25) is 0 Å². The molecule has 0 aromatic carbocycles. The summed E-state index contributed by atoms with van der Waals surface area (Å²) in [5.41, 5.74) is 3.07. The number of morpholine rings is 1. The molecule has 2 saturated heterocycles. The number of likely N-dealkylation sites (tertiary alicyclic amines) is 1. The van der Waals surface area contributed by atoms with Crippen molar-refractivity contribution in [2.45, 2.75) is 45.8 Å². The SMILES string of the molecule is Cc1nn(CCCNC(=O)N2CC[C@@]3(CN(C)C(=O)CO3)C2)c(C)c1C. The van der Waals surface area contributed by atoms with Crippen molar-refractivity contribution in [2.24, 2.45) is 0 Å². The average molecular weight is 363 g/mol. The lowest BCUT2D eigenvalue weighted by Gasteiger charge is -2.38. The van der Waals surface area contributed by atoms with E-state index >= 15 is 0 Å². The van der Waals surface area contributed by atoms with E-state index in [2.05, 4.69) is 24.3 Å². The number of ether oxygens (including phenoxy) is 1. The largest absolute Gasteiger partial charge is 0.361 e. The summed E-state index contributed by atoms with van der Waals surface area (Å²) in [6.07, 6.45) is 1.60. The predicted octanol–water partition coefficient (Wildman–Crippen LogP) is 0.841. The number of aromatic nitrogens is 2. The lowest BCUT2D eigenvalue weighted by molar-refractivity contribution is -0.158. The van der Waals surface area contributed by atoms with Crippen molar-refractivity contribution in [3.63, 3.8) is 0 Å². The topological polar surface area (TPSA) is 79.7 Å². The van der Waals surface area contributed by atoms with Gasteiger partial charge in [-0.3, -0.25) is 9.48 Å². The third kappa shape index (κ3) is 3.70. The quantitative estimate of drug-likeness (QED) is 0.804.